The summed E-state index contributed by atoms with van der Waals surface area (Å²) in [6, 6.07) is 44.8. The molecule has 5 aromatic carbocycles. The van der Waals surface area contributed by atoms with E-state index in [4.69, 9.17) is 9.47 Å². The molecule has 1 aliphatic carbocycles. The van der Waals surface area contributed by atoms with Crippen LogP contribution in [0.25, 0.3) is 11.1 Å². The number of nitrogens with one attached hydrogen (secondary N) is 4. The zero-order valence-corrected chi connectivity index (χ0v) is 31.7. The normalized spacial score (nSPS) is 12.5. The first-order valence-electron chi connectivity index (χ1n) is 19.2. The van der Waals surface area contributed by atoms with Gasteiger partial charge in [0.05, 0.1) is 18.8 Å². The predicted molar refractivity (Wildman–Crippen MR) is 217 cm³/mol. The Labute approximate surface area is 328 Å². The molecule has 0 aliphatic heterocycles. The Morgan fingerprint density at radius 3 is 1.64 bits per heavy atom. The Hall–Kier alpha value is -5.97. The van der Waals surface area contributed by atoms with E-state index >= 15 is 0 Å². The highest BCUT2D eigenvalue weighted by molar-refractivity contribution is 5.79. The average Bonchev–Trinajstić information content (AvgIpc) is 3.57. The van der Waals surface area contributed by atoms with E-state index in [0.29, 0.717) is 19.4 Å². The van der Waals surface area contributed by atoms with Crippen LogP contribution in [-0.2, 0) is 19.9 Å². The van der Waals surface area contributed by atoms with Gasteiger partial charge in [0.2, 0.25) is 11.8 Å². The van der Waals surface area contributed by atoms with E-state index in [-0.39, 0.29) is 56.8 Å². The van der Waals surface area contributed by atoms with Crippen LogP contribution in [0.15, 0.2) is 133 Å². The molecule has 6 rings (SSSR count). The fourth-order valence-electron chi connectivity index (χ4n) is 7.35. The zero-order chi connectivity index (χ0) is 39.2. The number of aliphatic hydroxyl groups is 1. The maximum atomic E-state index is 12.8. The lowest BCUT2D eigenvalue weighted by Gasteiger charge is -2.37. The number of fused-ring (bicyclic) bond motifs is 3. The summed E-state index contributed by atoms with van der Waals surface area (Å²) in [5, 5.41) is 22.4. The summed E-state index contributed by atoms with van der Waals surface area (Å²) in [5.41, 5.74) is 7.11. The average molecular weight is 755 g/mol. The molecular weight excluding hydrogens is 705 g/mol. The van der Waals surface area contributed by atoms with Gasteiger partial charge in [-0.05, 0) is 70.5 Å². The first kappa shape index (κ1) is 39.7. The molecule has 3 amide bonds. The second-order valence-corrected chi connectivity index (χ2v) is 13.9. The largest absolute Gasteiger partial charge is 0.497 e. The number of benzene rings is 5. The molecule has 1 unspecified atom stereocenters. The van der Waals surface area contributed by atoms with Crippen LogP contribution < -0.4 is 26.0 Å². The summed E-state index contributed by atoms with van der Waals surface area (Å²) in [5.74, 6) is 0.296. The maximum absolute atomic E-state index is 12.8. The van der Waals surface area contributed by atoms with Gasteiger partial charge in [-0.2, -0.15) is 0 Å². The van der Waals surface area contributed by atoms with Crippen molar-refractivity contribution in [3.05, 3.63) is 161 Å². The van der Waals surface area contributed by atoms with Gasteiger partial charge in [0.15, 0.2) is 0 Å². The Bertz CT molecular complexity index is 1960. The second-order valence-electron chi connectivity index (χ2n) is 13.9. The third-order valence-corrected chi connectivity index (χ3v) is 10.2. The molecule has 0 spiro atoms. The number of hydrogen-bond donors (Lipinski definition) is 5. The van der Waals surface area contributed by atoms with Crippen molar-refractivity contribution in [2.45, 2.75) is 43.2 Å². The van der Waals surface area contributed by atoms with Gasteiger partial charge in [0.1, 0.15) is 12.4 Å². The first-order chi connectivity index (χ1) is 27.4. The number of carbonyl (C=O) groups excluding carboxylic acids is 3. The van der Waals surface area contributed by atoms with Crippen LogP contribution in [0.5, 0.6) is 5.75 Å². The van der Waals surface area contributed by atoms with Gasteiger partial charge in [-0.25, -0.2) is 4.79 Å². The van der Waals surface area contributed by atoms with Crippen LogP contribution in [0, 0.1) is 0 Å². The Kier molecular flexibility index (Phi) is 13.9. The topological polar surface area (TPSA) is 138 Å². The minimum atomic E-state index is -0.946. The molecule has 10 nitrogen and oxygen atoms in total. The molecule has 5 aromatic rings. The van der Waals surface area contributed by atoms with Gasteiger partial charge < -0.3 is 30.5 Å². The van der Waals surface area contributed by atoms with Crippen LogP contribution in [0.1, 0.15) is 59.4 Å². The summed E-state index contributed by atoms with van der Waals surface area (Å²) in [7, 11) is 1.65. The zero-order valence-electron chi connectivity index (χ0n) is 31.7. The Morgan fingerprint density at radius 2 is 1.11 bits per heavy atom. The van der Waals surface area contributed by atoms with Crippen molar-refractivity contribution in [3.63, 3.8) is 0 Å². The fraction of sp³-hybridized carbons (Fsp3) is 0.283. The summed E-state index contributed by atoms with van der Waals surface area (Å²) in [6.45, 7) is 1.05. The van der Waals surface area contributed by atoms with Crippen LogP contribution in [0.4, 0.5) is 4.79 Å². The van der Waals surface area contributed by atoms with Crippen molar-refractivity contribution in [3.8, 4) is 16.9 Å². The SMILES string of the molecule is COc1ccc(C(NCCCC(=O)NCC(O)CNC(=O)CCCNC(=O)OCC2c3ccccc3-c3ccccc32)(c2ccccc2)c2ccccc2)cc1. The Morgan fingerprint density at radius 1 is 0.625 bits per heavy atom. The first-order valence-corrected chi connectivity index (χ1v) is 19.2. The Balaban J connectivity index is 0.882. The number of hydrogen-bond acceptors (Lipinski definition) is 7. The molecule has 290 valence electrons. The van der Waals surface area contributed by atoms with Crippen LogP contribution in [-0.4, -0.2) is 69.0 Å². The molecule has 0 heterocycles. The molecule has 0 fully saturated rings. The monoisotopic (exact) mass is 754 g/mol. The van der Waals surface area contributed by atoms with Crippen molar-refractivity contribution < 1.29 is 29.0 Å². The molecule has 1 aliphatic rings. The second kappa shape index (κ2) is 19.6. The number of methoxy groups -OCH3 is 1. The summed E-state index contributed by atoms with van der Waals surface area (Å²) >= 11 is 0. The molecule has 1 atom stereocenters. The maximum Gasteiger partial charge on any atom is 0.407 e. The highest BCUT2D eigenvalue weighted by Crippen LogP contribution is 2.44. The van der Waals surface area contributed by atoms with Gasteiger partial charge in [0, 0.05) is 38.4 Å². The smallest absolute Gasteiger partial charge is 0.407 e. The molecule has 56 heavy (non-hydrogen) atoms. The summed E-state index contributed by atoms with van der Waals surface area (Å²) < 4.78 is 11.0. The molecule has 0 saturated heterocycles. The quantitative estimate of drug-likeness (QED) is 0.0495. The standard InChI is InChI=1S/C46H50N4O6/c1-55-37-26-24-35(25-27-37)46(33-14-4-2-5-15-33,34-16-6-3-7-17-34)50-29-13-23-44(53)49-31-36(51)30-48-43(52)22-12-28-47-45(54)56-32-42-40-20-10-8-18-38(40)39-19-9-11-21-41(39)42/h2-11,14-21,24-27,36,42,50-51H,12-13,22-23,28-32H2,1H3,(H,47,54)(H,48,52)(H,49,53). The molecule has 0 bridgehead atoms. The molecule has 5 N–H and O–H groups in total. The molecular formula is C46H50N4O6. The van der Waals surface area contributed by atoms with E-state index in [1.165, 1.54) is 0 Å². The number of aliphatic hydroxyl groups excluding tert-OH is 1. The van der Waals surface area contributed by atoms with Crippen molar-refractivity contribution in [2.75, 3.05) is 39.9 Å². The van der Waals surface area contributed by atoms with Gasteiger partial charge in [-0.15, -0.1) is 0 Å². The molecule has 0 saturated carbocycles. The van der Waals surface area contributed by atoms with Crippen molar-refractivity contribution in [1.29, 1.82) is 0 Å². The highest BCUT2D eigenvalue weighted by atomic mass is 16.5. The van der Waals surface area contributed by atoms with Gasteiger partial charge in [-0.1, -0.05) is 121 Å². The minimum absolute atomic E-state index is 0.000984. The third-order valence-electron chi connectivity index (χ3n) is 10.2. The number of alkyl carbamates (subject to hydrolysis) is 1. The van der Waals surface area contributed by atoms with Crippen LogP contribution in [0.3, 0.4) is 0 Å². The van der Waals surface area contributed by atoms with E-state index in [1.54, 1.807) is 7.11 Å². The van der Waals surface area contributed by atoms with E-state index in [1.807, 2.05) is 72.8 Å². The summed E-state index contributed by atoms with van der Waals surface area (Å²) in [6.07, 6.45) is -0.0898. The van der Waals surface area contributed by atoms with Gasteiger partial charge in [0.25, 0.3) is 0 Å². The molecule has 0 radical (unpaired) electrons. The number of ether oxygens (including phenoxy) is 2. The van der Waals surface area contributed by atoms with E-state index < -0.39 is 17.7 Å². The lowest BCUT2D eigenvalue weighted by molar-refractivity contribution is -0.121. The lowest BCUT2D eigenvalue weighted by Crippen LogP contribution is -2.45. The molecule has 0 aromatic heterocycles. The van der Waals surface area contributed by atoms with E-state index in [9.17, 15) is 19.5 Å². The van der Waals surface area contributed by atoms with Gasteiger partial charge >= 0.3 is 6.09 Å². The lowest BCUT2D eigenvalue weighted by atomic mass is 9.77. The van der Waals surface area contributed by atoms with Crippen molar-refractivity contribution in [1.82, 2.24) is 21.3 Å². The minimum Gasteiger partial charge on any atom is -0.497 e. The van der Waals surface area contributed by atoms with Crippen molar-refractivity contribution in [2.24, 2.45) is 0 Å². The fourth-order valence-corrected chi connectivity index (χ4v) is 7.35. The van der Waals surface area contributed by atoms with Crippen LogP contribution in [0.2, 0.25) is 0 Å². The van der Waals surface area contributed by atoms with Crippen LogP contribution >= 0.6 is 0 Å². The van der Waals surface area contributed by atoms with Gasteiger partial charge in [-0.3, -0.25) is 14.9 Å². The van der Waals surface area contributed by atoms with E-state index in [2.05, 4.69) is 81.9 Å². The number of carbonyl (C=O) groups is 3. The molecule has 10 heteroatoms. The van der Waals surface area contributed by atoms with E-state index in [0.717, 1.165) is 44.7 Å². The third kappa shape index (κ3) is 9.82. The summed E-state index contributed by atoms with van der Waals surface area (Å²) in [4.78, 5) is 37.6. The highest BCUT2D eigenvalue weighted by Gasteiger charge is 2.36. The van der Waals surface area contributed by atoms with Crippen molar-refractivity contribution >= 4 is 17.9 Å². The number of amides is 3. The predicted octanol–water partition coefficient (Wildman–Crippen LogP) is 6.27. The number of rotatable bonds is 19.